The summed E-state index contributed by atoms with van der Waals surface area (Å²) >= 11 is 0. The molecule has 1 amide bonds. The highest BCUT2D eigenvalue weighted by atomic mass is 16.5. The SMILES string of the molecule is COc1cccc(C(=O)Nc2cc(C)nn2C)c1OC. The fourth-order valence-corrected chi connectivity index (χ4v) is 1.98. The molecule has 0 aliphatic carbocycles. The van der Waals surface area contributed by atoms with Gasteiger partial charge in [0.05, 0.1) is 25.5 Å². The van der Waals surface area contributed by atoms with E-state index in [-0.39, 0.29) is 5.91 Å². The zero-order valence-corrected chi connectivity index (χ0v) is 11.9. The fourth-order valence-electron chi connectivity index (χ4n) is 1.98. The Balaban J connectivity index is 2.32. The van der Waals surface area contributed by atoms with Gasteiger partial charge >= 0.3 is 0 Å². The van der Waals surface area contributed by atoms with Crippen LogP contribution in [0.15, 0.2) is 24.3 Å². The number of hydrogen-bond donors (Lipinski definition) is 1. The van der Waals surface area contributed by atoms with Gasteiger partial charge in [-0.05, 0) is 19.1 Å². The van der Waals surface area contributed by atoms with Crippen LogP contribution in [0.5, 0.6) is 11.5 Å². The quantitative estimate of drug-likeness (QED) is 0.926. The van der Waals surface area contributed by atoms with Gasteiger partial charge in [0.1, 0.15) is 5.82 Å². The lowest BCUT2D eigenvalue weighted by atomic mass is 10.1. The van der Waals surface area contributed by atoms with Crippen LogP contribution in [-0.4, -0.2) is 29.9 Å². The lowest BCUT2D eigenvalue weighted by Crippen LogP contribution is -2.15. The molecule has 20 heavy (non-hydrogen) atoms. The van der Waals surface area contributed by atoms with Gasteiger partial charge in [-0.3, -0.25) is 9.48 Å². The number of nitrogens with zero attached hydrogens (tertiary/aromatic N) is 2. The second kappa shape index (κ2) is 5.64. The molecule has 0 saturated heterocycles. The standard InChI is InChI=1S/C14H17N3O3/c1-9-8-12(17(2)16-9)15-14(18)10-6-5-7-11(19-3)13(10)20-4/h5-8H,1-4H3,(H,15,18). The molecule has 0 bridgehead atoms. The molecule has 0 aliphatic rings. The summed E-state index contributed by atoms with van der Waals surface area (Å²) in [5.41, 5.74) is 1.24. The Morgan fingerprint density at radius 1 is 1.30 bits per heavy atom. The first-order chi connectivity index (χ1) is 9.56. The van der Waals surface area contributed by atoms with E-state index in [4.69, 9.17) is 9.47 Å². The number of nitrogens with one attached hydrogen (secondary N) is 1. The molecule has 1 heterocycles. The van der Waals surface area contributed by atoms with Gasteiger partial charge in [0.15, 0.2) is 11.5 Å². The van der Waals surface area contributed by atoms with Crippen molar-refractivity contribution in [2.24, 2.45) is 7.05 Å². The van der Waals surface area contributed by atoms with E-state index in [9.17, 15) is 4.79 Å². The third-order valence-corrected chi connectivity index (χ3v) is 2.89. The van der Waals surface area contributed by atoms with Crippen molar-refractivity contribution >= 4 is 11.7 Å². The fraction of sp³-hybridized carbons (Fsp3) is 0.286. The van der Waals surface area contributed by atoms with Gasteiger partial charge < -0.3 is 14.8 Å². The molecule has 0 atom stereocenters. The minimum Gasteiger partial charge on any atom is -0.493 e. The molecule has 2 aromatic rings. The van der Waals surface area contributed by atoms with Crippen molar-refractivity contribution in [2.75, 3.05) is 19.5 Å². The minimum atomic E-state index is -0.274. The van der Waals surface area contributed by atoms with Gasteiger partial charge in [-0.15, -0.1) is 0 Å². The van der Waals surface area contributed by atoms with Crippen LogP contribution in [0.2, 0.25) is 0 Å². The molecule has 0 saturated carbocycles. The molecule has 1 aromatic heterocycles. The highest BCUT2D eigenvalue weighted by Crippen LogP contribution is 2.31. The lowest BCUT2D eigenvalue weighted by molar-refractivity contribution is 0.102. The molecule has 0 radical (unpaired) electrons. The van der Waals surface area contributed by atoms with Crippen molar-refractivity contribution in [3.05, 3.63) is 35.5 Å². The number of amides is 1. The van der Waals surface area contributed by atoms with Crippen molar-refractivity contribution in [1.82, 2.24) is 9.78 Å². The summed E-state index contributed by atoms with van der Waals surface area (Å²) in [6.45, 7) is 1.86. The van der Waals surface area contributed by atoms with E-state index in [0.29, 0.717) is 22.9 Å². The molecule has 6 nitrogen and oxygen atoms in total. The summed E-state index contributed by atoms with van der Waals surface area (Å²) in [5, 5.41) is 6.98. The number of carbonyl (C=O) groups excluding carboxylic acids is 1. The molecule has 1 N–H and O–H groups in total. The van der Waals surface area contributed by atoms with Gasteiger partial charge in [0, 0.05) is 13.1 Å². The minimum absolute atomic E-state index is 0.274. The van der Waals surface area contributed by atoms with Crippen LogP contribution >= 0.6 is 0 Å². The molecular formula is C14H17N3O3. The Labute approximate surface area is 117 Å². The number of benzene rings is 1. The number of para-hydroxylation sites is 1. The van der Waals surface area contributed by atoms with E-state index in [2.05, 4.69) is 10.4 Å². The zero-order chi connectivity index (χ0) is 14.7. The van der Waals surface area contributed by atoms with Crippen LogP contribution in [0.4, 0.5) is 5.82 Å². The van der Waals surface area contributed by atoms with Gasteiger partial charge in [-0.25, -0.2) is 0 Å². The normalized spacial score (nSPS) is 10.2. The number of ether oxygens (including phenoxy) is 2. The number of rotatable bonds is 4. The highest BCUT2D eigenvalue weighted by molar-refractivity contribution is 6.06. The molecule has 0 unspecified atom stereocenters. The summed E-state index contributed by atoms with van der Waals surface area (Å²) in [6, 6.07) is 6.96. The third kappa shape index (κ3) is 2.59. The molecule has 6 heteroatoms. The largest absolute Gasteiger partial charge is 0.493 e. The smallest absolute Gasteiger partial charge is 0.260 e. The summed E-state index contributed by atoms with van der Waals surface area (Å²) in [5.74, 6) is 1.27. The average molecular weight is 275 g/mol. The number of methoxy groups -OCH3 is 2. The molecule has 2 rings (SSSR count). The van der Waals surface area contributed by atoms with Gasteiger partial charge in [0.2, 0.25) is 0 Å². The van der Waals surface area contributed by atoms with E-state index in [1.54, 1.807) is 36.0 Å². The van der Waals surface area contributed by atoms with Crippen molar-refractivity contribution in [1.29, 1.82) is 0 Å². The number of carbonyl (C=O) groups is 1. The molecule has 0 spiro atoms. The van der Waals surface area contributed by atoms with Gasteiger partial charge in [0.25, 0.3) is 5.91 Å². The predicted octanol–water partition coefficient (Wildman–Crippen LogP) is 2.00. The van der Waals surface area contributed by atoms with Crippen molar-refractivity contribution in [2.45, 2.75) is 6.92 Å². The Bertz CT molecular complexity index is 635. The van der Waals surface area contributed by atoms with Crippen molar-refractivity contribution < 1.29 is 14.3 Å². The summed E-state index contributed by atoms with van der Waals surface area (Å²) in [7, 11) is 4.80. The first-order valence-corrected chi connectivity index (χ1v) is 6.09. The van der Waals surface area contributed by atoms with Crippen LogP contribution in [0, 0.1) is 6.92 Å². The second-order valence-corrected chi connectivity index (χ2v) is 4.29. The van der Waals surface area contributed by atoms with Crippen molar-refractivity contribution in [3.63, 3.8) is 0 Å². The van der Waals surface area contributed by atoms with E-state index in [1.807, 2.05) is 6.92 Å². The van der Waals surface area contributed by atoms with Crippen LogP contribution < -0.4 is 14.8 Å². The van der Waals surface area contributed by atoms with E-state index in [1.165, 1.54) is 14.2 Å². The van der Waals surface area contributed by atoms with E-state index >= 15 is 0 Å². The molecule has 0 fully saturated rings. The Hall–Kier alpha value is -2.50. The second-order valence-electron chi connectivity index (χ2n) is 4.29. The molecular weight excluding hydrogens is 258 g/mol. The maximum atomic E-state index is 12.3. The first-order valence-electron chi connectivity index (χ1n) is 6.09. The maximum Gasteiger partial charge on any atom is 0.260 e. The van der Waals surface area contributed by atoms with Crippen LogP contribution in [0.1, 0.15) is 16.1 Å². The molecule has 1 aromatic carbocycles. The average Bonchev–Trinajstić information content (AvgIpc) is 2.75. The Morgan fingerprint density at radius 2 is 2.05 bits per heavy atom. The molecule has 0 aliphatic heterocycles. The first kappa shape index (κ1) is 13.9. The highest BCUT2D eigenvalue weighted by Gasteiger charge is 2.17. The predicted molar refractivity (Wildman–Crippen MR) is 75.4 cm³/mol. The number of anilines is 1. The van der Waals surface area contributed by atoms with E-state index in [0.717, 1.165) is 5.69 Å². The van der Waals surface area contributed by atoms with Gasteiger partial charge in [-0.1, -0.05) is 6.07 Å². The summed E-state index contributed by atoms with van der Waals surface area (Å²) in [6.07, 6.45) is 0. The third-order valence-electron chi connectivity index (χ3n) is 2.89. The number of aromatic nitrogens is 2. The number of aryl methyl sites for hydroxylation is 2. The molecule has 106 valence electrons. The number of hydrogen-bond acceptors (Lipinski definition) is 4. The zero-order valence-electron chi connectivity index (χ0n) is 11.9. The summed E-state index contributed by atoms with van der Waals surface area (Å²) in [4.78, 5) is 12.3. The van der Waals surface area contributed by atoms with Crippen LogP contribution in [-0.2, 0) is 7.05 Å². The van der Waals surface area contributed by atoms with Crippen LogP contribution in [0.3, 0.4) is 0 Å². The lowest BCUT2D eigenvalue weighted by Gasteiger charge is -2.12. The monoisotopic (exact) mass is 275 g/mol. The Morgan fingerprint density at radius 3 is 2.60 bits per heavy atom. The Kier molecular flexibility index (Phi) is 3.93. The van der Waals surface area contributed by atoms with Gasteiger partial charge in [-0.2, -0.15) is 5.10 Å². The topological polar surface area (TPSA) is 65.4 Å². The van der Waals surface area contributed by atoms with Crippen molar-refractivity contribution in [3.8, 4) is 11.5 Å². The van der Waals surface area contributed by atoms with E-state index < -0.39 is 0 Å². The summed E-state index contributed by atoms with van der Waals surface area (Å²) < 4.78 is 12.0. The van der Waals surface area contributed by atoms with Crippen LogP contribution in [0.25, 0.3) is 0 Å². The maximum absolute atomic E-state index is 12.3.